The fraction of sp³-hybridized carbons (Fsp3) is 0.500. The number of hydrogen-bond donors (Lipinski definition) is 1. The second-order valence-corrected chi connectivity index (χ2v) is 10.0. The van der Waals surface area contributed by atoms with Crippen LogP contribution in [0.4, 0.5) is 0 Å². The molecular weight excluding hydrogens is 441 g/mol. The molecule has 1 amide bonds. The minimum Gasteiger partial charge on any atom is -0.352 e. The number of nitrogens with one attached hydrogen (secondary N) is 1. The molecule has 0 spiro atoms. The normalized spacial score (nSPS) is 20.2. The highest BCUT2D eigenvalue weighted by atomic mass is 35.5. The van der Waals surface area contributed by atoms with Crippen molar-refractivity contribution in [1.29, 1.82) is 0 Å². The van der Waals surface area contributed by atoms with Crippen molar-refractivity contribution < 1.29 is 4.79 Å². The third-order valence-electron chi connectivity index (χ3n) is 6.58. The van der Waals surface area contributed by atoms with Gasteiger partial charge >= 0.3 is 0 Å². The SMILES string of the molecule is O=C(NCc1cccc(CN2CCCCC2)c1)C1CCCN(Cc2ccc(Cl)c(Cl)c2)C1. The van der Waals surface area contributed by atoms with Gasteiger partial charge in [0.15, 0.2) is 0 Å². The Morgan fingerprint density at radius 1 is 0.844 bits per heavy atom. The maximum absolute atomic E-state index is 12.9. The first kappa shape index (κ1) is 23.6. The zero-order chi connectivity index (χ0) is 22.3. The topological polar surface area (TPSA) is 35.6 Å². The quantitative estimate of drug-likeness (QED) is 0.575. The third-order valence-corrected chi connectivity index (χ3v) is 7.32. The number of rotatable bonds is 7. The van der Waals surface area contributed by atoms with Gasteiger partial charge in [-0.25, -0.2) is 0 Å². The summed E-state index contributed by atoms with van der Waals surface area (Å²) in [6.07, 6.45) is 5.94. The van der Waals surface area contributed by atoms with E-state index in [4.69, 9.17) is 23.2 Å². The second-order valence-electron chi connectivity index (χ2n) is 9.20. The Morgan fingerprint density at radius 2 is 1.56 bits per heavy atom. The Hall–Kier alpha value is -1.59. The smallest absolute Gasteiger partial charge is 0.224 e. The van der Waals surface area contributed by atoms with E-state index in [0.29, 0.717) is 16.6 Å². The van der Waals surface area contributed by atoms with Crippen molar-refractivity contribution in [2.75, 3.05) is 26.2 Å². The highest BCUT2D eigenvalue weighted by Crippen LogP contribution is 2.25. The molecule has 172 valence electrons. The molecule has 1 atom stereocenters. The summed E-state index contributed by atoms with van der Waals surface area (Å²) in [4.78, 5) is 17.8. The van der Waals surface area contributed by atoms with Crippen LogP contribution in [0.5, 0.6) is 0 Å². The van der Waals surface area contributed by atoms with E-state index in [2.05, 4.69) is 39.4 Å². The molecule has 2 aromatic carbocycles. The van der Waals surface area contributed by atoms with Gasteiger partial charge in [-0.3, -0.25) is 14.6 Å². The molecule has 2 aliphatic heterocycles. The monoisotopic (exact) mass is 473 g/mol. The number of nitrogens with zero attached hydrogens (tertiary/aromatic N) is 2. The molecule has 32 heavy (non-hydrogen) atoms. The van der Waals surface area contributed by atoms with E-state index in [0.717, 1.165) is 44.6 Å². The van der Waals surface area contributed by atoms with Gasteiger partial charge in [0.2, 0.25) is 5.91 Å². The maximum Gasteiger partial charge on any atom is 0.224 e. The Kier molecular flexibility index (Phi) is 8.48. The van der Waals surface area contributed by atoms with Crippen molar-refractivity contribution in [2.45, 2.75) is 51.7 Å². The predicted octanol–water partition coefficient (Wildman–Crippen LogP) is 5.51. The van der Waals surface area contributed by atoms with Gasteiger partial charge in [-0.2, -0.15) is 0 Å². The van der Waals surface area contributed by atoms with Gasteiger partial charge in [0.25, 0.3) is 0 Å². The predicted molar refractivity (Wildman–Crippen MR) is 132 cm³/mol. The van der Waals surface area contributed by atoms with Crippen LogP contribution in [-0.2, 0) is 24.4 Å². The van der Waals surface area contributed by atoms with E-state index in [-0.39, 0.29) is 11.8 Å². The van der Waals surface area contributed by atoms with Gasteiger partial charge < -0.3 is 5.32 Å². The van der Waals surface area contributed by atoms with Crippen LogP contribution in [0.1, 0.15) is 48.8 Å². The lowest BCUT2D eigenvalue weighted by atomic mass is 9.96. The standard InChI is InChI=1S/C26H33Cl2N3O/c27-24-10-9-22(15-25(24)28)18-31-13-5-8-23(19-31)26(32)29-16-20-6-4-7-21(14-20)17-30-11-2-1-3-12-30/h4,6-7,9-10,14-15,23H,1-3,5,8,11-13,16-19H2,(H,29,32). The van der Waals surface area contributed by atoms with Crippen LogP contribution in [0.3, 0.4) is 0 Å². The van der Waals surface area contributed by atoms with Crippen LogP contribution >= 0.6 is 23.2 Å². The molecule has 2 heterocycles. The average molecular weight is 474 g/mol. The average Bonchev–Trinajstić information content (AvgIpc) is 2.81. The molecule has 2 aliphatic rings. The molecule has 1 unspecified atom stereocenters. The molecule has 0 radical (unpaired) electrons. The van der Waals surface area contributed by atoms with Crippen LogP contribution in [0.2, 0.25) is 10.0 Å². The number of likely N-dealkylation sites (tertiary alicyclic amines) is 2. The van der Waals surface area contributed by atoms with E-state index < -0.39 is 0 Å². The molecule has 0 aliphatic carbocycles. The molecule has 2 saturated heterocycles. The maximum atomic E-state index is 12.9. The number of amides is 1. The van der Waals surface area contributed by atoms with Crippen LogP contribution < -0.4 is 5.32 Å². The van der Waals surface area contributed by atoms with Crippen molar-refractivity contribution in [1.82, 2.24) is 15.1 Å². The fourth-order valence-electron chi connectivity index (χ4n) is 4.86. The minimum absolute atomic E-state index is 0.0306. The summed E-state index contributed by atoms with van der Waals surface area (Å²) in [5.41, 5.74) is 3.64. The Balaban J connectivity index is 1.27. The summed E-state index contributed by atoms with van der Waals surface area (Å²) in [5.74, 6) is 0.188. The number of hydrogen-bond acceptors (Lipinski definition) is 3. The van der Waals surface area contributed by atoms with Crippen molar-refractivity contribution in [2.24, 2.45) is 5.92 Å². The third kappa shape index (κ3) is 6.71. The first-order valence-corrected chi connectivity index (χ1v) is 12.6. The number of halogens is 2. The Morgan fingerprint density at radius 3 is 2.38 bits per heavy atom. The van der Waals surface area contributed by atoms with E-state index in [1.165, 1.54) is 43.5 Å². The first-order chi connectivity index (χ1) is 15.6. The minimum atomic E-state index is 0.0306. The molecule has 0 saturated carbocycles. The molecule has 1 N–H and O–H groups in total. The molecule has 0 bridgehead atoms. The first-order valence-electron chi connectivity index (χ1n) is 11.8. The lowest BCUT2D eigenvalue weighted by molar-refractivity contribution is -0.126. The lowest BCUT2D eigenvalue weighted by Crippen LogP contribution is -2.42. The summed E-state index contributed by atoms with van der Waals surface area (Å²) >= 11 is 12.2. The highest BCUT2D eigenvalue weighted by molar-refractivity contribution is 6.42. The number of carbonyl (C=O) groups is 1. The Bertz CT molecular complexity index is 914. The van der Waals surface area contributed by atoms with E-state index in [9.17, 15) is 4.79 Å². The van der Waals surface area contributed by atoms with Crippen molar-refractivity contribution in [3.63, 3.8) is 0 Å². The Labute approximate surface area is 201 Å². The second kappa shape index (κ2) is 11.5. The summed E-state index contributed by atoms with van der Waals surface area (Å²) in [6.45, 7) is 6.57. The molecule has 4 nitrogen and oxygen atoms in total. The zero-order valence-corrected chi connectivity index (χ0v) is 20.2. The lowest BCUT2D eigenvalue weighted by Gasteiger charge is -2.32. The summed E-state index contributed by atoms with van der Waals surface area (Å²) < 4.78 is 0. The van der Waals surface area contributed by atoms with Crippen LogP contribution in [-0.4, -0.2) is 41.9 Å². The summed E-state index contributed by atoms with van der Waals surface area (Å²) in [5, 5.41) is 4.34. The van der Waals surface area contributed by atoms with Crippen molar-refractivity contribution in [3.8, 4) is 0 Å². The van der Waals surface area contributed by atoms with Crippen LogP contribution in [0.15, 0.2) is 42.5 Å². The van der Waals surface area contributed by atoms with Gasteiger partial charge in [0.1, 0.15) is 0 Å². The largest absolute Gasteiger partial charge is 0.352 e. The molecule has 6 heteroatoms. The van der Waals surface area contributed by atoms with Crippen molar-refractivity contribution in [3.05, 3.63) is 69.2 Å². The van der Waals surface area contributed by atoms with E-state index in [1.54, 1.807) is 0 Å². The molecule has 2 fully saturated rings. The van der Waals surface area contributed by atoms with Gasteiger partial charge in [0, 0.05) is 26.2 Å². The highest BCUT2D eigenvalue weighted by Gasteiger charge is 2.25. The van der Waals surface area contributed by atoms with Crippen LogP contribution in [0.25, 0.3) is 0 Å². The molecule has 4 rings (SSSR count). The zero-order valence-electron chi connectivity index (χ0n) is 18.7. The molecule has 2 aromatic rings. The summed E-state index contributed by atoms with van der Waals surface area (Å²) in [7, 11) is 0. The van der Waals surface area contributed by atoms with Gasteiger partial charge in [-0.05, 0) is 74.1 Å². The number of carbonyl (C=O) groups excluding carboxylic acids is 1. The van der Waals surface area contributed by atoms with Gasteiger partial charge in [-0.15, -0.1) is 0 Å². The van der Waals surface area contributed by atoms with Crippen molar-refractivity contribution >= 4 is 29.1 Å². The molecular formula is C26H33Cl2N3O. The number of benzene rings is 2. The molecule has 0 aromatic heterocycles. The number of piperidine rings is 2. The fourth-order valence-corrected chi connectivity index (χ4v) is 5.18. The van der Waals surface area contributed by atoms with Crippen LogP contribution in [0, 0.1) is 5.92 Å². The van der Waals surface area contributed by atoms with Gasteiger partial charge in [-0.1, -0.05) is 60.0 Å². The van der Waals surface area contributed by atoms with E-state index in [1.807, 2.05) is 18.2 Å². The summed E-state index contributed by atoms with van der Waals surface area (Å²) in [6, 6.07) is 14.4. The van der Waals surface area contributed by atoms with Gasteiger partial charge in [0.05, 0.1) is 16.0 Å². The van der Waals surface area contributed by atoms with E-state index >= 15 is 0 Å².